The zero-order chi connectivity index (χ0) is 13.8. The SMILES string of the molecule is COc1ccccc1CNc1nnc(C2CCCO2)o1. The molecular weight excluding hydrogens is 258 g/mol. The molecule has 1 aliphatic rings. The highest BCUT2D eigenvalue weighted by Crippen LogP contribution is 2.28. The predicted molar refractivity (Wildman–Crippen MR) is 72.5 cm³/mol. The van der Waals surface area contributed by atoms with Crippen LogP contribution in [0.1, 0.15) is 30.4 Å². The van der Waals surface area contributed by atoms with E-state index >= 15 is 0 Å². The molecule has 1 aliphatic heterocycles. The van der Waals surface area contributed by atoms with Gasteiger partial charge in [-0.25, -0.2) is 0 Å². The molecule has 0 saturated carbocycles. The van der Waals surface area contributed by atoms with E-state index in [-0.39, 0.29) is 6.10 Å². The lowest BCUT2D eigenvalue weighted by atomic mass is 10.2. The van der Waals surface area contributed by atoms with Gasteiger partial charge in [0.25, 0.3) is 0 Å². The number of methoxy groups -OCH3 is 1. The first-order valence-electron chi connectivity index (χ1n) is 6.67. The monoisotopic (exact) mass is 275 g/mol. The molecule has 1 fully saturated rings. The second kappa shape index (κ2) is 5.92. The topological polar surface area (TPSA) is 69.4 Å². The maximum absolute atomic E-state index is 5.56. The van der Waals surface area contributed by atoms with Crippen molar-refractivity contribution in [3.05, 3.63) is 35.7 Å². The van der Waals surface area contributed by atoms with E-state index in [0.29, 0.717) is 18.5 Å². The minimum Gasteiger partial charge on any atom is -0.496 e. The van der Waals surface area contributed by atoms with E-state index in [9.17, 15) is 0 Å². The van der Waals surface area contributed by atoms with Crippen molar-refractivity contribution in [1.29, 1.82) is 0 Å². The van der Waals surface area contributed by atoms with Crippen molar-refractivity contribution in [1.82, 2.24) is 10.2 Å². The Hall–Kier alpha value is -2.08. The second-order valence-electron chi connectivity index (χ2n) is 4.61. The average molecular weight is 275 g/mol. The van der Waals surface area contributed by atoms with Gasteiger partial charge in [0.05, 0.1) is 7.11 Å². The normalized spacial score (nSPS) is 18.1. The number of benzene rings is 1. The molecule has 0 spiro atoms. The van der Waals surface area contributed by atoms with Gasteiger partial charge in [-0.1, -0.05) is 23.3 Å². The first-order chi connectivity index (χ1) is 9.86. The molecule has 1 aromatic carbocycles. The van der Waals surface area contributed by atoms with Crippen LogP contribution in [0.4, 0.5) is 6.01 Å². The van der Waals surface area contributed by atoms with Gasteiger partial charge in [-0.3, -0.25) is 0 Å². The smallest absolute Gasteiger partial charge is 0.315 e. The molecule has 106 valence electrons. The summed E-state index contributed by atoms with van der Waals surface area (Å²) >= 11 is 0. The van der Waals surface area contributed by atoms with E-state index in [1.807, 2.05) is 24.3 Å². The molecule has 0 amide bonds. The van der Waals surface area contributed by atoms with E-state index in [4.69, 9.17) is 13.9 Å². The molecule has 1 atom stereocenters. The van der Waals surface area contributed by atoms with Gasteiger partial charge < -0.3 is 19.2 Å². The van der Waals surface area contributed by atoms with Gasteiger partial charge in [-0.2, -0.15) is 0 Å². The number of anilines is 1. The van der Waals surface area contributed by atoms with Crippen molar-refractivity contribution < 1.29 is 13.9 Å². The number of ether oxygens (including phenoxy) is 2. The Morgan fingerprint density at radius 3 is 3.05 bits per heavy atom. The van der Waals surface area contributed by atoms with Crippen LogP contribution in [0.25, 0.3) is 0 Å². The molecule has 20 heavy (non-hydrogen) atoms. The summed E-state index contributed by atoms with van der Waals surface area (Å²) in [6.45, 7) is 1.33. The fourth-order valence-corrected chi connectivity index (χ4v) is 2.23. The van der Waals surface area contributed by atoms with Crippen LogP contribution in [0.15, 0.2) is 28.7 Å². The van der Waals surface area contributed by atoms with Crippen LogP contribution in [0.5, 0.6) is 5.75 Å². The van der Waals surface area contributed by atoms with Crippen LogP contribution < -0.4 is 10.1 Å². The maximum Gasteiger partial charge on any atom is 0.315 e. The Morgan fingerprint density at radius 1 is 1.35 bits per heavy atom. The highest BCUT2D eigenvalue weighted by atomic mass is 16.5. The summed E-state index contributed by atoms with van der Waals surface area (Å²) in [5.74, 6) is 1.38. The van der Waals surface area contributed by atoms with Gasteiger partial charge in [0.15, 0.2) is 0 Å². The number of aromatic nitrogens is 2. The number of nitrogens with one attached hydrogen (secondary N) is 1. The van der Waals surface area contributed by atoms with Crippen LogP contribution in [-0.2, 0) is 11.3 Å². The number of hydrogen-bond donors (Lipinski definition) is 1. The molecular formula is C14H17N3O3. The van der Waals surface area contributed by atoms with Crippen molar-refractivity contribution >= 4 is 6.01 Å². The summed E-state index contributed by atoms with van der Waals surface area (Å²) < 4.78 is 16.4. The second-order valence-corrected chi connectivity index (χ2v) is 4.61. The summed E-state index contributed by atoms with van der Waals surface area (Å²) in [7, 11) is 1.65. The average Bonchev–Trinajstić information content (AvgIpc) is 3.16. The molecule has 1 N–H and O–H groups in total. The number of para-hydroxylation sites is 1. The molecule has 6 nitrogen and oxygen atoms in total. The highest BCUT2D eigenvalue weighted by molar-refractivity contribution is 5.35. The highest BCUT2D eigenvalue weighted by Gasteiger charge is 2.23. The molecule has 0 aliphatic carbocycles. The minimum atomic E-state index is -0.0516. The third-order valence-corrected chi connectivity index (χ3v) is 3.27. The van der Waals surface area contributed by atoms with Gasteiger partial charge in [0, 0.05) is 18.7 Å². The fourth-order valence-electron chi connectivity index (χ4n) is 2.23. The summed E-state index contributed by atoms with van der Waals surface area (Å²) in [5.41, 5.74) is 1.03. The molecule has 2 heterocycles. The molecule has 0 bridgehead atoms. The molecule has 3 rings (SSSR count). The van der Waals surface area contributed by atoms with Gasteiger partial charge in [0.1, 0.15) is 11.9 Å². The molecule has 1 saturated heterocycles. The van der Waals surface area contributed by atoms with Crippen molar-refractivity contribution in [2.45, 2.75) is 25.5 Å². The van der Waals surface area contributed by atoms with Crippen LogP contribution >= 0.6 is 0 Å². The van der Waals surface area contributed by atoms with Crippen molar-refractivity contribution in [3.8, 4) is 5.75 Å². The maximum atomic E-state index is 5.56. The van der Waals surface area contributed by atoms with E-state index < -0.39 is 0 Å². The standard InChI is InChI=1S/C14H17N3O3/c1-18-11-6-3-2-5-10(11)9-15-14-17-16-13(20-14)12-7-4-8-19-12/h2-3,5-6,12H,4,7-9H2,1H3,(H,15,17). The van der Waals surface area contributed by atoms with Gasteiger partial charge in [-0.05, 0) is 18.9 Å². The number of nitrogens with zero attached hydrogens (tertiary/aromatic N) is 2. The van der Waals surface area contributed by atoms with Crippen molar-refractivity contribution in [3.63, 3.8) is 0 Å². The summed E-state index contributed by atoms with van der Waals surface area (Å²) in [6.07, 6.45) is 1.93. The lowest BCUT2D eigenvalue weighted by molar-refractivity contribution is 0.0897. The van der Waals surface area contributed by atoms with Gasteiger partial charge in [-0.15, -0.1) is 5.10 Å². The first-order valence-corrected chi connectivity index (χ1v) is 6.67. The molecule has 1 unspecified atom stereocenters. The summed E-state index contributed by atoms with van der Waals surface area (Å²) in [5, 5.41) is 11.1. The predicted octanol–water partition coefficient (Wildman–Crippen LogP) is 2.54. The summed E-state index contributed by atoms with van der Waals surface area (Å²) in [4.78, 5) is 0. The molecule has 1 aromatic heterocycles. The summed E-state index contributed by atoms with van der Waals surface area (Å²) in [6, 6.07) is 8.21. The van der Waals surface area contributed by atoms with Crippen molar-refractivity contribution in [2.75, 3.05) is 19.0 Å². The number of hydrogen-bond acceptors (Lipinski definition) is 6. The van der Waals surface area contributed by atoms with Crippen LogP contribution in [0.3, 0.4) is 0 Å². The molecule has 2 aromatic rings. The Bertz CT molecular complexity index is 564. The zero-order valence-corrected chi connectivity index (χ0v) is 11.3. The largest absolute Gasteiger partial charge is 0.496 e. The quantitative estimate of drug-likeness (QED) is 0.904. The van der Waals surface area contributed by atoms with Crippen LogP contribution in [0, 0.1) is 0 Å². The van der Waals surface area contributed by atoms with E-state index in [0.717, 1.165) is 30.8 Å². The van der Waals surface area contributed by atoms with E-state index in [2.05, 4.69) is 15.5 Å². The lowest BCUT2D eigenvalue weighted by Crippen LogP contribution is -2.01. The molecule has 6 heteroatoms. The Balaban J connectivity index is 1.63. The first kappa shape index (κ1) is 12.9. The van der Waals surface area contributed by atoms with Gasteiger partial charge in [0.2, 0.25) is 5.89 Å². The van der Waals surface area contributed by atoms with Gasteiger partial charge >= 0.3 is 6.01 Å². The van der Waals surface area contributed by atoms with Crippen molar-refractivity contribution in [2.24, 2.45) is 0 Å². The molecule has 0 radical (unpaired) electrons. The fraction of sp³-hybridized carbons (Fsp3) is 0.429. The Kier molecular flexibility index (Phi) is 3.83. The lowest BCUT2D eigenvalue weighted by Gasteiger charge is -2.07. The van der Waals surface area contributed by atoms with E-state index in [1.165, 1.54) is 0 Å². The third kappa shape index (κ3) is 2.75. The third-order valence-electron chi connectivity index (χ3n) is 3.27. The zero-order valence-electron chi connectivity index (χ0n) is 11.3. The van der Waals surface area contributed by atoms with E-state index in [1.54, 1.807) is 7.11 Å². The Labute approximate surface area is 117 Å². The minimum absolute atomic E-state index is 0.0516. The van der Waals surface area contributed by atoms with Crippen LogP contribution in [0.2, 0.25) is 0 Å². The van der Waals surface area contributed by atoms with Crippen LogP contribution in [-0.4, -0.2) is 23.9 Å². The Morgan fingerprint density at radius 2 is 2.25 bits per heavy atom. The number of rotatable bonds is 5.